The number of halogens is 1. The first kappa shape index (κ1) is 13.4. The van der Waals surface area contributed by atoms with Crippen LogP contribution in [0.25, 0.3) is 0 Å². The van der Waals surface area contributed by atoms with Crippen LogP contribution in [0, 0.1) is 5.92 Å². The van der Waals surface area contributed by atoms with Crippen molar-refractivity contribution >= 4 is 23.2 Å². The van der Waals surface area contributed by atoms with E-state index in [9.17, 15) is 4.79 Å². The monoisotopic (exact) mass is 265 g/mol. The summed E-state index contributed by atoms with van der Waals surface area (Å²) < 4.78 is 0. The van der Waals surface area contributed by atoms with E-state index in [0.717, 1.165) is 23.6 Å². The van der Waals surface area contributed by atoms with Crippen LogP contribution in [-0.2, 0) is 10.7 Å². The molecule has 2 nitrogen and oxygen atoms in total. The van der Waals surface area contributed by atoms with Crippen LogP contribution in [0.1, 0.15) is 44.1 Å². The Bertz CT molecular complexity index is 399. The van der Waals surface area contributed by atoms with Gasteiger partial charge >= 0.3 is 0 Å². The maximum atomic E-state index is 11.9. The standard InChI is InChI=1S/C15H20ClNO/c16-11-13-7-3-4-8-14(13)17-15(18)10-9-12-5-1-2-6-12/h3-4,7-8,12H,1-2,5-6,9-11H2,(H,17,18). The zero-order chi connectivity index (χ0) is 12.8. The maximum absolute atomic E-state index is 11.9. The minimum Gasteiger partial charge on any atom is -0.326 e. The molecule has 1 aromatic carbocycles. The maximum Gasteiger partial charge on any atom is 0.224 e. The molecule has 1 aliphatic carbocycles. The van der Waals surface area contributed by atoms with E-state index >= 15 is 0 Å². The fraction of sp³-hybridized carbons (Fsp3) is 0.533. The van der Waals surface area contributed by atoms with Crippen LogP contribution in [0.3, 0.4) is 0 Å². The number of carbonyl (C=O) groups is 1. The second-order valence-electron chi connectivity index (χ2n) is 5.03. The van der Waals surface area contributed by atoms with Crippen LogP contribution in [0.15, 0.2) is 24.3 Å². The summed E-state index contributed by atoms with van der Waals surface area (Å²) in [5.74, 6) is 1.30. The normalized spacial score (nSPS) is 15.8. The number of rotatable bonds is 5. The highest BCUT2D eigenvalue weighted by atomic mass is 35.5. The average molecular weight is 266 g/mol. The highest BCUT2D eigenvalue weighted by Crippen LogP contribution is 2.28. The molecule has 0 unspecified atom stereocenters. The molecular formula is C15H20ClNO. The summed E-state index contributed by atoms with van der Waals surface area (Å²) in [5, 5.41) is 2.96. The van der Waals surface area contributed by atoms with E-state index in [1.807, 2.05) is 24.3 Å². The fourth-order valence-corrected chi connectivity index (χ4v) is 2.84. The first-order valence-corrected chi connectivity index (χ1v) is 7.27. The van der Waals surface area contributed by atoms with Crippen molar-refractivity contribution < 1.29 is 4.79 Å². The van der Waals surface area contributed by atoms with Crippen molar-refractivity contribution in [2.24, 2.45) is 5.92 Å². The van der Waals surface area contributed by atoms with E-state index in [2.05, 4.69) is 5.32 Å². The molecule has 0 bridgehead atoms. The highest BCUT2D eigenvalue weighted by Gasteiger charge is 2.16. The van der Waals surface area contributed by atoms with Crippen LogP contribution < -0.4 is 5.32 Å². The number of alkyl halides is 1. The van der Waals surface area contributed by atoms with Gasteiger partial charge in [0.15, 0.2) is 0 Å². The first-order chi connectivity index (χ1) is 8.79. The lowest BCUT2D eigenvalue weighted by Gasteiger charge is -2.11. The number of amides is 1. The molecule has 1 N–H and O–H groups in total. The Hall–Kier alpha value is -1.02. The van der Waals surface area contributed by atoms with Gasteiger partial charge in [-0.2, -0.15) is 0 Å². The average Bonchev–Trinajstić information content (AvgIpc) is 2.90. The Kier molecular flexibility index (Phi) is 5.06. The molecule has 1 fully saturated rings. The van der Waals surface area contributed by atoms with Crippen LogP contribution in [0.4, 0.5) is 5.69 Å². The van der Waals surface area contributed by atoms with Gasteiger partial charge < -0.3 is 5.32 Å². The fourth-order valence-electron chi connectivity index (χ4n) is 2.61. The van der Waals surface area contributed by atoms with Crippen molar-refractivity contribution in [1.29, 1.82) is 0 Å². The van der Waals surface area contributed by atoms with Crippen LogP contribution in [0.2, 0.25) is 0 Å². The van der Waals surface area contributed by atoms with Gasteiger partial charge in [-0.15, -0.1) is 11.6 Å². The van der Waals surface area contributed by atoms with Crippen LogP contribution in [-0.4, -0.2) is 5.91 Å². The molecule has 0 heterocycles. The number of benzene rings is 1. The molecule has 18 heavy (non-hydrogen) atoms. The molecule has 0 saturated heterocycles. The van der Waals surface area contributed by atoms with Crippen molar-refractivity contribution in [2.45, 2.75) is 44.4 Å². The Morgan fingerprint density at radius 1 is 1.28 bits per heavy atom. The molecule has 1 amide bonds. The van der Waals surface area contributed by atoms with Crippen molar-refractivity contribution in [3.05, 3.63) is 29.8 Å². The molecule has 0 aromatic heterocycles. The summed E-state index contributed by atoms with van der Waals surface area (Å²) in [4.78, 5) is 11.9. The summed E-state index contributed by atoms with van der Waals surface area (Å²) in [6.45, 7) is 0. The zero-order valence-corrected chi connectivity index (χ0v) is 11.4. The topological polar surface area (TPSA) is 29.1 Å². The molecule has 0 radical (unpaired) electrons. The van der Waals surface area contributed by atoms with Gasteiger partial charge in [-0.05, 0) is 24.0 Å². The van der Waals surface area contributed by atoms with E-state index in [1.54, 1.807) is 0 Å². The molecule has 3 heteroatoms. The molecule has 0 atom stereocenters. The first-order valence-electron chi connectivity index (χ1n) is 6.73. The summed E-state index contributed by atoms with van der Waals surface area (Å²) in [6, 6.07) is 7.71. The second kappa shape index (κ2) is 6.79. The number of anilines is 1. The largest absolute Gasteiger partial charge is 0.326 e. The van der Waals surface area contributed by atoms with E-state index in [-0.39, 0.29) is 5.91 Å². The SMILES string of the molecule is O=C(CCC1CCCC1)Nc1ccccc1CCl. The highest BCUT2D eigenvalue weighted by molar-refractivity contribution is 6.17. The third kappa shape index (κ3) is 3.74. The summed E-state index contributed by atoms with van der Waals surface area (Å²) >= 11 is 5.84. The van der Waals surface area contributed by atoms with Gasteiger partial charge in [-0.1, -0.05) is 43.9 Å². The van der Waals surface area contributed by atoms with Crippen LogP contribution >= 0.6 is 11.6 Å². The van der Waals surface area contributed by atoms with E-state index < -0.39 is 0 Å². The van der Waals surface area contributed by atoms with Crippen molar-refractivity contribution in [3.8, 4) is 0 Å². The lowest BCUT2D eigenvalue weighted by atomic mass is 10.0. The predicted octanol–water partition coefficient (Wildman–Crippen LogP) is 4.33. The van der Waals surface area contributed by atoms with E-state index in [0.29, 0.717) is 12.3 Å². The van der Waals surface area contributed by atoms with E-state index in [4.69, 9.17) is 11.6 Å². The molecule has 1 aliphatic rings. The van der Waals surface area contributed by atoms with Crippen molar-refractivity contribution in [1.82, 2.24) is 0 Å². The Morgan fingerprint density at radius 2 is 2.00 bits per heavy atom. The number of hydrogen-bond acceptors (Lipinski definition) is 1. The molecule has 0 aliphatic heterocycles. The quantitative estimate of drug-likeness (QED) is 0.789. The number of hydrogen-bond donors (Lipinski definition) is 1. The summed E-state index contributed by atoms with van der Waals surface area (Å²) in [7, 11) is 0. The smallest absolute Gasteiger partial charge is 0.224 e. The van der Waals surface area contributed by atoms with Gasteiger partial charge in [0, 0.05) is 18.0 Å². The minimum atomic E-state index is 0.111. The lowest BCUT2D eigenvalue weighted by Crippen LogP contribution is -2.13. The molecule has 98 valence electrons. The Morgan fingerprint density at radius 3 is 2.72 bits per heavy atom. The van der Waals surface area contributed by atoms with E-state index in [1.165, 1.54) is 25.7 Å². The van der Waals surface area contributed by atoms with Gasteiger partial charge in [-0.25, -0.2) is 0 Å². The third-order valence-electron chi connectivity index (χ3n) is 3.69. The van der Waals surface area contributed by atoms with Gasteiger partial charge in [0.2, 0.25) is 5.91 Å². The zero-order valence-electron chi connectivity index (χ0n) is 10.6. The molecule has 2 rings (SSSR count). The third-order valence-corrected chi connectivity index (χ3v) is 3.98. The number of nitrogens with one attached hydrogen (secondary N) is 1. The van der Waals surface area contributed by atoms with Gasteiger partial charge in [0.25, 0.3) is 0 Å². The van der Waals surface area contributed by atoms with Gasteiger partial charge in [0.1, 0.15) is 0 Å². The molecule has 1 aromatic rings. The summed E-state index contributed by atoms with van der Waals surface area (Å²) in [6.07, 6.45) is 6.91. The van der Waals surface area contributed by atoms with Crippen molar-refractivity contribution in [3.63, 3.8) is 0 Å². The molecule has 1 saturated carbocycles. The van der Waals surface area contributed by atoms with Gasteiger partial charge in [0.05, 0.1) is 0 Å². The van der Waals surface area contributed by atoms with Crippen molar-refractivity contribution in [2.75, 3.05) is 5.32 Å². The molecule has 0 spiro atoms. The number of para-hydroxylation sites is 1. The summed E-state index contributed by atoms with van der Waals surface area (Å²) in [5.41, 5.74) is 1.83. The van der Waals surface area contributed by atoms with Gasteiger partial charge in [-0.3, -0.25) is 4.79 Å². The molecular weight excluding hydrogens is 246 g/mol. The predicted molar refractivity (Wildman–Crippen MR) is 75.8 cm³/mol. The second-order valence-corrected chi connectivity index (χ2v) is 5.30. The Labute approximate surface area is 114 Å². The minimum absolute atomic E-state index is 0.111. The Balaban J connectivity index is 1.82. The number of carbonyl (C=O) groups excluding carboxylic acids is 1. The lowest BCUT2D eigenvalue weighted by molar-refractivity contribution is -0.116. The van der Waals surface area contributed by atoms with Crippen LogP contribution in [0.5, 0.6) is 0 Å².